The number of benzene rings is 1. The van der Waals surface area contributed by atoms with Gasteiger partial charge in [-0.2, -0.15) is 0 Å². The molecule has 0 radical (unpaired) electrons. The molecular formula is C15H20N2O2. The van der Waals surface area contributed by atoms with E-state index in [-0.39, 0.29) is 5.91 Å². The van der Waals surface area contributed by atoms with Gasteiger partial charge < -0.3 is 10.4 Å². The lowest BCUT2D eigenvalue weighted by atomic mass is 9.97. The predicted octanol–water partition coefficient (Wildman–Crippen LogP) is 1.18. The van der Waals surface area contributed by atoms with Crippen LogP contribution >= 0.6 is 0 Å². The fourth-order valence-electron chi connectivity index (χ4n) is 3.08. The van der Waals surface area contributed by atoms with E-state index in [4.69, 9.17) is 0 Å². The molecule has 102 valence electrons. The first-order valence-electron chi connectivity index (χ1n) is 6.88. The van der Waals surface area contributed by atoms with Gasteiger partial charge >= 0.3 is 0 Å². The summed E-state index contributed by atoms with van der Waals surface area (Å²) in [6, 6.07) is 6.19. The Morgan fingerprint density at radius 1 is 1.37 bits per heavy atom. The zero-order valence-electron chi connectivity index (χ0n) is 11.3. The lowest BCUT2D eigenvalue weighted by Crippen LogP contribution is -2.61. The summed E-state index contributed by atoms with van der Waals surface area (Å²) in [6.45, 7) is 3.30. The normalized spacial score (nSPS) is 20.7. The Morgan fingerprint density at radius 3 is 2.84 bits per heavy atom. The summed E-state index contributed by atoms with van der Waals surface area (Å²) >= 11 is 0. The maximum absolute atomic E-state index is 11.9. The quantitative estimate of drug-likeness (QED) is 0.858. The molecule has 0 atom stereocenters. The number of carbonyl (C=O) groups is 1. The molecule has 1 heterocycles. The number of aryl methyl sites for hydroxylation is 2. The van der Waals surface area contributed by atoms with Crippen molar-refractivity contribution in [3.05, 3.63) is 29.3 Å². The minimum atomic E-state index is -0.617. The minimum absolute atomic E-state index is 0.00607. The van der Waals surface area contributed by atoms with E-state index < -0.39 is 5.60 Å². The molecule has 4 nitrogen and oxygen atoms in total. The zero-order chi connectivity index (χ0) is 13.5. The van der Waals surface area contributed by atoms with Crippen molar-refractivity contribution in [1.82, 2.24) is 4.90 Å². The van der Waals surface area contributed by atoms with E-state index in [1.807, 2.05) is 11.0 Å². The molecular weight excluding hydrogens is 240 g/mol. The smallest absolute Gasteiger partial charge is 0.238 e. The van der Waals surface area contributed by atoms with Gasteiger partial charge in [-0.15, -0.1) is 0 Å². The number of anilines is 1. The van der Waals surface area contributed by atoms with Crippen molar-refractivity contribution < 1.29 is 9.90 Å². The third-order valence-corrected chi connectivity index (χ3v) is 3.88. The lowest BCUT2D eigenvalue weighted by molar-refractivity contribution is -0.125. The standard InChI is InChI=1S/C15H20N2O2/c1-15(19)9-17(10-15)8-14(18)16-13-6-5-11-3-2-4-12(11)7-13/h5-7,19H,2-4,8-10H2,1H3,(H,16,18). The molecule has 4 heteroatoms. The third-order valence-electron chi connectivity index (χ3n) is 3.88. The fourth-order valence-corrected chi connectivity index (χ4v) is 3.08. The van der Waals surface area contributed by atoms with Gasteiger partial charge in [0.1, 0.15) is 0 Å². The van der Waals surface area contributed by atoms with Crippen LogP contribution < -0.4 is 5.32 Å². The number of fused-ring (bicyclic) bond motifs is 1. The van der Waals surface area contributed by atoms with Crippen LogP contribution in [0.3, 0.4) is 0 Å². The van der Waals surface area contributed by atoms with Gasteiger partial charge in [0.25, 0.3) is 0 Å². The van der Waals surface area contributed by atoms with Crippen molar-refractivity contribution in [2.24, 2.45) is 0 Å². The molecule has 1 aromatic rings. The van der Waals surface area contributed by atoms with Crippen molar-refractivity contribution in [3.8, 4) is 0 Å². The van der Waals surface area contributed by atoms with Crippen LogP contribution in [0.2, 0.25) is 0 Å². The van der Waals surface area contributed by atoms with E-state index in [2.05, 4.69) is 17.4 Å². The van der Waals surface area contributed by atoms with Crippen molar-refractivity contribution in [2.75, 3.05) is 25.0 Å². The van der Waals surface area contributed by atoms with Gasteiger partial charge in [0.15, 0.2) is 0 Å². The van der Waals surface area contributed by atoms with Crippen LogP contribution in [0, 0.1) is 0 Å². The van der Waals surface area contributed by atoms with Crippen LogP contribution in [0.4, 0.5) is 5.69 Å². The molecule has 1 aliphatic heterocycles. The van der Waals surface area contributed by atoms with Gasteiger partial charge in [-0.3, -0.25) is 9.69 Å². The summed E-state index contributed by atoms with van der Waals surface area (Å²) in [7, 11) is 0. The van der Waals surface area contributed by atoms with E-state index in [0.29, 0.717) is 19.6 Å². The zero-order valence-corrected chi connectivity index (χ0v) is 11.3. The second-order valence-corrected chi connectivity index (χ2v) is 6.03. The predicted molar refractivity (Wildman–Crippen MR) is 74.2 cm³/mol. The van der Waals surface area contributed by atoms with E-state index in [1.165, 1.54) is 17.5 Å². The number of rotatable bonds is 3. The summed E-state index contributed by atoms with van der Waals surface area (Å²) < 4.78 is 0. The van der Waals surface area contributed by atoms with Crippen LogP contribution in [0.1, 0.15) is 24.5 Å². The number of hydrogen-bond donors (Lipinski definition) is 2. The summed E-state index contributed by atoms with van der Waals surface area (Å²) in [4.78, 5) is 13.8. The largest absolute Gasteiger partial charge is 0.388 e. The Kier molecular flexibility index (Phi) is 3.07. The summed E-state index contributed by atoms with van der Waals surface area (Å²) in [5.74, 6) is -0.00607. The minimum Gasteiger partial charge on any atom is -0.388 e. The van der Waals surface area contributed by atoms with Gasteiger partial charge in [0, 0.05) is 18.8 Å². The Morgan fingerprint density at radius 2 is 2.11 bits per heavy atom. The molecule has 19 heavy (non-hydrogen) atoms. The van der Waals surface area contributed by atoms with Crippen LogP contribution in [0.15, 0.2) is 18.2 Å². The van der Waals surface area contributed by atoms with Crippen molar-refractivity contribution in [1.29, 1.82) is 0 Å². The van der Waals surface area contributed by atoms with Crippen LogP contribution in [0.5, 0.6) is 0 Å². The van der Waals surface area contributed by atoms with E-state index in [9.17, 15) is 9.90 Å². The summed E-state index contributed by atoms with van der Waals surface area (Å²) in [5.41, 5.74) is 3.05. The Balaban J connectivity index is 1.55. The monoisotopic (exact) mass is 260 g/mol. The van der Waals surface area contributed by atoms with E-state index in [1.54, 1.807) is 6.92 Å². The maximum Gasteiger partial charge on any atom is 0.238 e. The number of aliphatic hydroxyl groups is 1. The van der Waals surface area contributed by atoms with Crippen LogP contribution in [0.25, 0.3) is 0 Å². The molecule has 1 saturated heterocycles. The average Bonchev–Trinajstić information content (AvgIpc) is 2.73. The maximum atomic E-state index is 11.9. The number of carbonyl (C=O) groups excluding carboxylic acids is 1. The van der Waals surface area contributed by atoms with Gasteiger partial charge in [0.2, 0.25) is 5.91 Å². The Bertz CT molecular complexity index is 503. The van der Waals surface area contributed by atoms with E-state index in [0.717, 1.165) is 18.5 Å². The summed E-state index contributed by atoms with van der Waals surface area (Å²) in [6.07, 6.45) is 3.50. The first-order chi connectivity index (χ1) is 9.02. The molecule has 1 amide bonds. The van der Waals surface area contributed by atoms with Crippen molar-refractivity contribution in [2.45, 2.75) is 31.8 Å². The molecule has 2 aliphatic rings. The van der Waals surface area contributed by atoms with Gasteiger partial charge in [-0.25, -0.2) is 0 Å². The van der Waals surface area contributed by atoms with Crippen molar-refractivity contribution in [3.63, 3.8) is 0 Å². The molecule has 3 rings (SSSR count). The van der Waals surface area contributed by atoms with Gasteiger partial charge in [0.05, 0.1) is 12.1 Å². The SMILES string of the molecule is CC1(O)CN(CC(=O)Nc2ccc3c(c2)CCC3)C1. The highest BCUT2D eigenvalue weighted by molar-refractivity contribution is 5.92. The first kappa shape index (κ1) is 12.6. The molecule has 0 bridgehead atoms. The topological polar surface area (TPSA) is 52.6 Å². The van der Waals surface area contributed by atoms with Crippen molar-refractivity contribution >= 4 is 11.6 Å². The second-order valence-electron chi connectivity index (χ2n) is 6.03. The molecule has 1 fully saturated rings. The number of amides is 1. The van der Waals surface area contributed by atoms with E-state index >= 15 is 0 Å². The molecule has 0 unspecified atom stereocenters. The molecule has 0 aromatic heterocycles. The molecule has 1 aromatic carbocycles. The number of nitrogens with zero attached hydrogens (tertiary/aromatic N) is 1. The van der Waals surface area contributed by atoms with Gasteiger partial charge in [-0.1, -0.05) is 6.07 Å². The number of nitrogens with one attached hydrogen (secondary N) is 1. The van der Waals surface area contributed by atoms with Crippen LogP contribution in [-0.2, 0) is 17.6 Å². The highest BCUT2D eigenvalue weighted by Crippen LogP contribution is 2.25. The number of likely N-dealkylation sites (tertiary alicyclic amines) is 1. The molecule has 2 N–H and O–H groups in total. The molecule has 0 saturated carbocycles. The number of hydrogen-bond acceptors (Lipinski definition) is 3. The fraction of sp³-hybridized carbons (Fsp3) is 0.533. The highest BCUT2D eigenvalue weighted by atomic mass is 16.3. The molecule has 1 aliphatic carbocycles. The second kappa shape index (κ2) is 4.62. The molecule has 0 spiro atoms. The third kappa shape index (κ3) is 2.80. The average molecular weight is 260 g/mol. The first-order valence-corrected chi connectivity index (χ1v) is 6.88. The summed E-state index contributed by atoms with van der Waals surface area (Å²) in [5, 5.41) is 12.6. The number of β-amino-alcohol motifs (C(OH)–C–C–N with tert-alkyl or cyclic N) is 1. The van der Waals surface area contributed by atoms with Crippen LogP contribution in [-0.4, -0.2) is 41.1 Å². The lowest BCUT2D eigenvalue weighted by Gasteiger charge is -2.43. The Labute approximate surface area is 113 Å². The highest BCUT2D eigenvalue weighted by Gasteiger charge is 2.37. The van der Waals surface area contributed by atoms with Gasteiger partial charge in [-0.05, 0) is 49.4 Å². The Hall–Kier alpha value is -1.39.